The van der Waals surface area contributed by atoms with Crippen molar-refractivity contribution >= 4 is 11.6 Å². The van der Waals surface area contributed by atoms with Crippen LogP contribution in [0.25, 0.3) is 11.3 Å². The average Bonchev–Trinajstić information content (AvgIpc) is 3.24. The zero-order chi connectivity index (χ0) is 24.6. The molecule has 4 aromatic heterocycles. The Morgan fingerprint density at radius 3 is 2.83 bits per heavy atom. The molecule has 0 unspecified atom stereocenters. The van der Waals surface area contributed by atoms with E-state index in [1.807, 2.05) is 16.7 Å². The van der Waals surface area contributed by atoms with Crippen molar-refractivity contribution in [3.05, 3.63) is 83.6 Å². The first kappa shape index (κ1) is 21.9. The van der Waals surface area contributed by atoms with Gasteiger partial charge < -0.3 is 14.5 Å². The fraction of sp³-hybridized carbons (Fsp3) is 0.250. The molecule has 36 heavy (non-hydrogen) atoms. The molecule has 5 aromatic rings. The maximum absolute atomic E-state index is 15.0. The second-order valence-electron chi connectivity index (χ2n) is 8.65. The van der Waals surface area contributed by atoms with Gasteiger partial charge >= 0.3 is 0 Å². The minimum atomic E-state index is -0.592. The van der Waals surface area contributed by atoms with Crippen molar-refractivity contribution in [1.29, 1.82) is 0 Å². The van der Waals surface area contributed by atoms with Crippen LogP contribution in [-0.2, 0) is 13.1 Å². The molecule has 0 aliphatic heterocycles. The lowest BCUT2D eigenvalue weighted by Crippen LogP contribution is -2.25. The second kappa shape index (κ2) is 8.87. The Morgan fingerprint density at radius 2 is 2.06 bits per heavy atom. The summed E-state index contributed by atoms with van der Waals surface area (Å²) in [5.74, 6) is -0.358. The summed E-state index contributed by atoms with van der Waals surface area (Å²) in [4.78, 5) is 17.4. The van der Waals surface area contributed by atoms with Crippen molar-refractivity contribution in [2.45, 2.75) is 31.8 Å². The third-order valence-electron chi connectivity index (χ3n) is 6.17. The average molecular weight is 487 g/mol. The van der Waals surface area contributed by atoms with Crippen LogP contribution in [0, 0.1) is 5.82 Å². The number of methoxy groups -OCH3 is 1. The van der Waals surface area contributed by atoms with Crippen LogP contribution in [0.5, 0.6) is 5.75 Å². The first-order chi connectivity index (χ1) is 17.6. The number of rotatable bonds is 8. The summed E-state index contributed by atoms with van der Waals surface area (Å²) < 4.78 is 25.1. The molecule has 11 nitrogen and oxygen atoms in total. The van der Waals surface area contributed by atoms with Crippen molar-refractivity contribution in [3.8, 4) is 11.4 Å². The molecule has 0 spiro atoms. The fourth-order valence-corrected chi connectivity index (χ4v) is 4.17. The molecule has 1 amide bonds. The summed E-state index contributed by atoms with van der Waals surface area (Å²) in [5, 5.41) is 18.4. The number of pyridine rings is 1. The first-order valence-electron chi connectivity index (χ1n) is 11.5. The molecule has 1 saturated carbocycles. The van der Waals surface area contributed by atoms with Gasteiger partial charge in [0.05, 0.1) is 43.6 Å². The number of hydrogen-bond acceptors (Lipinski definition) is 7. The monoisotopic (exact) mass is 487 g/mol. The molecule has 1 fully saturated rings. The van der Waals surface area contributed by atoms with Gasteiger partial charge in [0.25, 0.3) is 5.91 Å². The van der Waals surface area contributed by atoms with E-state index >= 15 is 4.39 Å². The molecule has 1 N–H and O–H groups in total. The van der Waals surface area contributed by atoms with Gasteiger partial charge in [-0.1, -0.05) is 16.5 Å². The lowest BCUT2D eigenvalue weighted by molar-refractivity contribution is 0.0945. The van der Waals surface area contributed by atoms with E-state index in [4.69, 9.17) is 4.74 Å². The SMILES string of the molecule is COc1ccc(-n2ccnn2)c(CNC(=O)c2cn(Cc3cn4cc(C5CC5)ccc4n3)nn2)c1F. The number of hydrogen-bond donors (Lipinski definition) is 1. The highest BCUT2D eigenvalue weighted by Gasteiger charge is 2.24. The molecule has 0 saturated heterocycles. The Kier molecular flexibility index (Phi) is 5.40. The fourth-order valence-electron chi connectivity index (χ4n) is 4.17. The first-order valence-corrected chi connectivity index (χ1v) is 11.5. The lowest BCUT2D eigenvalue weighted by atomic mass is 10.1. The van der Waals surface area contributed by atoms with Gasteiger partial charge in [0.1, 0.15) is 5.65 Å². The molecule has 0 radical (unpaired) electrons. The number of halogens is 1. The van der Waals surface area contributed by atoms with E-state index < -0.39 is 11.7 Å². The standard InChI is InChI=1S/C24H22FN9O2/c1-36-21-6-5-20(34-9-8-27-30-34)18(23(21)25)10-26-24(35)19-14-33(31-29-19)13-17-12-32-11-16(15-2-3-15)4-7-22(32)28-17/h4-9,11-12,14-15H,2-3,10,13H2,1H3,(H,26,35). The molecule has 0 atom stereocenters. The van der Waals surface area contributed by atoms with Crippen LogP contribution in [0.2, 0.25) is 0 Å². The Morgan fingerprint density at radius 1 is 1.17 bits per heavy atom. The molecule has 182 valence electrons. The van der Waals surface area contributed by atoms with E-state index in [1.54, 1.807) is 16.9 Å². The number of amides is 1. The number of nitrogens with zero attached hydrogens (tertiary/aromatic N) is 8. The summed E-state index contributed by atoms with van der Waals surface area (Å²) in [6.45, 7) is 0.251. The largest absolute Gasteiger partial charge is 0.494 e. The van der Waals surface area contributed by atoms with Crippen LogP contribution in [0.4, 0.5) is 4.39 Å². The normalized spacial score (nSPS) is 13.3. The minimum absolute atomic E-state index is 0.0609. The van der Waals surface area contributed by atoms with Gasteiger partial charge in [-0.2, -0.15) is 0 Å². The zero-order valence-electron chi connectivity index (χ0n) is 19.4. The summed E-state index contributed by atoms with van der Waals surface area (Å²) in [7, 11) is 1.38. The molecule has 12 heteroatoms. The van der Waals surface area contributed by atoms with E-state index in [0.717, 1.165) is 11.3 Å². The molecule has 1 aliphatic carbocycles. The van der Waals surface area contributed by atoms with Gasteiger partial charge in [0.15, 0.2) is 17.3 Å². The number of carbonyl (C=O) groups is 1. The minimum Gasteiger partial charge on any atom is -0.494 e. The van der Waals surface area contributed by atoms with Crippen LogP contribution in [-0.4, -0.2) is 52.4 Å². The molecular formula is C24H22FN9O2. The van der Waals surface area contributed by atoms with Gasteiger partial charge in [0, 0.05) is 24.5 Å². The van der Waals surface area contributed by atoms with E-state index in [9.17, 15) is 4.79 Å². The second-order valence-corrected chi connectivity index (χ2v) is 8.65. The van der Waals surface area contributed by atoms with Crippen LogP contribution in [0.15, 0.2) is 55.2 Å². The quantitative estimate of drug-likeness (QED) is 0.357. The van der Waals surface area contributed by atoms with Crippen LogP contribution < -0.4 is 10.1 Å². The third kappa shape index (κ3) is 4.17. The van der Waals surface area contributed by atoms with E-state index in [2.05, 4.69) is 43.2 Å². The molecule has 1 aromatic carbocycles. The summed E-state index contributed by atoms with van der Waals surface area (Å²) in [6.07, 6.45) is 11.2. The molecule has 4 heterocycles. The van der Waals surface area contributed by atoms with Crippen LogP contribution in [0.1, 0.15) is 46.1 Å². The maximum Gasteiger partial charge on any atom is 0.273 e. The Bertz CT molecular complexity index is 1550. The number of benzene rings is 1. The topological polar surface area (TPSA) is 117 Å². The number of fused-ring (bicyclic) bond motifs is 1. The summed E-state index contributed by atoms with van der Waals surface area (Å²) in [5.41, 5.74) is 3.74. The zero-order valence-corrected chi connectivity index (χ0v) is 19.4. The maximum atomic E-state index is 15.0. The number of nitrogens with one attached hydrogen (secondary N) is 1. The van der Waals surface area contributed by atoms with Crippen molar-refractivity contribution in [2.75, 3.05) is 7.11 Å². The predicted molar refractivity (Wildman–Crippen MR) is 125 cm³/mol. The van der Waals surface area contributed by atoms with Crippen LogP contribution in [0.3, 0.4) is 0 Å². The highest BCUT2D eigenvalue weighted by molar-refractivity contribution is 5.91. The summed E-state index contributed by atoms with van der Waals surface area (Å²) >= 11 is 0. The Balaban J connectivity index is 1.16. The number of ether oxygens (including phenoxy) is 1. The molecule has 1 aliphatic rings. The van der Waals surface area contributed by atoms with E-state index in [-0.39, 0.29) is 23.6 Å². The summed E-state index contributed by atoms with van der Waals surface area (Å²) in [6, 6.07) is 7.29. The van der Waals surface area contributed by atoms with Gasteiger partial charge in [-0.05, 0) is 42.5 Å². The molecule has 6 rings (SSSR count). The number of carbonyl (C=O) groups excluding carboxylic acids is 1. The van der Waals surface area contributed by atoms with E-state index in [0.29, 0.717) is 18.2 Å². The van der Waals surface area contributed by atoms with Gasteiger partial charge in [-0.15, -0.1) is 10.2 Å². The van der Waals surface area contributed by atoms with Gasteiger partial charge in [-0.25, -0.2) is 18.7 Å². The van der Waals surface area contributed by atoms with Crippen molar-refractivity contribution in [2.24, 2.45) is 0 Å². The van der Waals surface area contributed by atoms with Crippen molar-refractivity contribution < 1.29 is 13.9 Å². The smallest absolute Gasteiger partial charge is 0.273 e. The highest BCUT2D eigenvalue weighted by Crippen LogP contribution is 2.39. The van der Waals surface area contributed by atoms with Gasteiger partial charge in [0.2, 0.25) is 0 Å². The van der Waals surface area contributed by atoms with Crippen molar-refractivity contribution in [3.63, 3.8) is 0 Å². The third-order valence-corrected chi connectivity index (χ3v) is 6.17. The number of aromatic nitrogens is 8. The molecular weight excluding hydrogens is 465 g/mol. The predicted octanol–water partition coefficient (Wildman–Crippen LogP) is 2.51. The highest BCUT2D eigenvalue weighted by atomic mass is 19.1. The molecule has 0 bridgehead atoms. The Hall–Kier alpha value is -4.61. The van der Waals surface area contributed by atoms with E-state index in [1.165, 1.54) is 48.7 Å². The lowest BCUT2D eigenvalue weighted by Gasteiger charge is -2.13. The van der Waals surface area contributed by atoms with Gasteiger partial charge in [-0.3, -0.25) is 4.79 Å². The number of imidazole rings is 1. The van der Waals surface area contributed by atoms with Crippen molar-refractivity contribution in [1.82, 2.24) is 44.7 Å². The Labute approximate surface area is 204 Å². The van der Waals surface area contributed by atoms with Crippen LogP contribution >= 0.6 is 0 Å².